The predicted octanol–water partition coefficient (Wildman–Crippen LogP) is 3.30. The second-order valence-corrected chi connectivity index (χ2v) is 5.65. The van der Waals surface area contributed by atoms with Gasteiger partial charge in [-0.2, -0.15) is 0 Å². The van der Waals surface area contributed by atoms with Gasteiger partial charge in [0.1, 0.15) is 5.84 Å². The molecule has 0 bridgehead atoms. The molecule has 1 aliphatic heterocycles. The van der Waals surface area contributed by atoms with Crippen LogP contribution in [0.4, 0.5) is 5.69 Å². The van der Waals surface area contributed by atoms with E-state index in [4.69, 9.17) is 11.1 Å². The van der Waals surface area contributed by atoms with E-state index in [0.29, 0.717) is 0 Å². The minimum absolute atomic E-state index is 0.175. The number of hydrogen-bond donors (Lipinski definition) is 2. The Labute approximate surface area is 116 Å². The molecule has 0 unspecified atom stereocenters. The number of anilines is 1. The first-order valence-electron chi connectivity index (χ1n) is 7.31. The zero-order chi connectivity index (χ0) is 13.8. The first-order chi connectivity index (χ1) is 9.11. The summed E-state index contributed by atoms with van der Waals surface area (Å²) < 4.78 is 0. The average molecular weight is 259 g/mol. The molecule has 1 aliphatic rings. The topological polar surface area (TPSA) is 53.1 Å². The lowest BCUT2D eigenvalue weighted by Gasteiger charge is -2.34. The Bertz CT molecular complexity index is 445. The standard InChI is InChI=1S/C16H25N3/c1-3-4-13-7-9-19(10-8-13)15-6-5-12(2)11-14(15)16(17)18/h5-6,11,13H,3-4,7-10H2,1-2H3,(H3,17,18). The molecule has 3 N–H and O–H groups in total. The highest BCUT2D eigenvalue weighted by Crippen LogP contribution is 2.28. The fourth-order valence-electron chi connectivity index (χ4n) is 3.01. The van der Waals surface area contributed by atoms with E-state index < -0.39 is 0 Å². The van der Waals surface area contributed by atoms with E-state index in [1.165, 1.54) is 25.7 Å². The molecule has 3 heteroatoms. The van der Waals surface area contributed by atoms with Gasteiger partial charge in [0, 0.05) is 24.3 Å². The smallest absolute Gasteiger partial charge is 0.124 e. The normalized spacial score (nSPS) is 16.6. The second-order valence-electron chi connectivity index (χ2n) is 5.65. The predicted molar refractivity (Wildman–Crippen MR) is 82.0 cm³/mol. The lowest BCUT2D eigenvalue weighted by atomic mass is 9.92. The van der Waals surface area contributed by atoms with Crippen molar-refractivity contribution in [2.24, 2.45) is 11.7 Å². The number of hydrogen-bond acceptors (Lipinski definition) is 2. The summed E-state index contributed by atoms with van der Waals surface area (Å²) in [7, 11) is 0. The molecule has 0 atom stereocenters. The maximum atomic E-state index is 7.75. The summed E-state index contributed by atoms with van der Waals surface area (Å²) in [6.45, 7) is 6.49. The summed E-state index contributed by atoms with van der Waals surface area (Å²) in [6, 6.07) is 6.25. The van der Waals surface area contributed by atoms with Gasteiger partial charge >= 0.3 is 0 Å². The van der Waals surface area contributed by atoms with Crippen LogP contribution in [0.1, 0.15) is 43.7 Å². The largest absolute Gasteiger partial charge is 0.384 e. The maximum Gasteiger partial charge on any atom is 0.124 e. The molecule has 1 fully saturated rings. The van der Waals surface area contributed by atoms with Crippen LogP contribution in [0, 0.1) is 18.3 Å². The molecule has 0 spiro atoms. The first kappa shape index (κ1) is 13.9. The Kier molecular flexibility index (Phi) is 4.46. The molecule has 1 aromatic rings. The van der Waals surface area contributed by atoms with Gasteiger partial charge in [0.25, 0.3) is 0 Å². The fraction of sp³-hybridized carbons (Fsp3) is 0.562. The van der Waals surface area contributed by atoms with Crippen LogP contribution in [0.25, 0.3) is 0 Å². The zero-order valence-electron chi connectivity index (χ0n) is 12.1. The summed E-state index contributed by atoms with van der Waals surface area (Å²) in [4.78, 5) is 2.39. The van der Waals surface area contributed by atoms with Crippen molar-refractivity contribution in [3.8, 4) is 0 Å². The molecule has 1 aromatic carbocycles. The van der Waals surface area contributed by atoms with Crippen LogP contribution >= 0.6 is 0 Å². The number of amidine groups is 1. The Morgan fingerprint density at radius 3 is 2.63 bits per heavy atom. The first-order valence-corrected chi connectivity index (χ1v) is 7.31. The van der Waals surface area contributed by atoms with Gasteiger partial charge in [0.2, 0.25) is 0 Å². The van der Waals surface area contributed by atoms with Crippen LogP contribution in [0.5, 0.6) is 0 Å². The Balaban J connectivity index is 2.13. The Morgan fingerprint density at radius 1 is 1.37 bits per heavy atom. The van der Waals surface area contributed by atoms with Gasteiger partial charge in [-0.25, -0.2) is 0 Å². The second kappa shape index (κ2) is 6.09. The highest BCUT2D eigenvalue weighted by atomic mass is 15.1. The third-order valence-corrected chi connectivity index (χ3v) is 4.09. The SMILES string of the molecule is CCCC1CCN(c2ccc(C)cc2C(=N)N)CC1. The Hall–Kier alpha value is -1.51. The van der Waals surface area contributed by atoms with Crippen LogP contribution in [-0.2, 0) is 0 Å². The van der Waals surface area contributed by atoms with Crippen molar-refractivity contribution in [2.75, 3.05) is 18.0 Å². The van der Waals surface area contributed by atoms with E-state index in [2.05, 4.69) is 24.0 Å². The lowest BCUT2D eigenvalue weighted by Crippen LogP contribution is -2.35. The summed E-state index contributed by atoms with van der Waals surface area (Å²) in [5, 5.41) is 7.75. The number of rotatable bonds is 4. The third-order valence-electron chi connectivity index (χ3n) is 4.09. The van der Waals surface area contributed by atoms with E-state index in [-0.39, 0.29) is 5.84 Å². The highest BCUT2D eigenvalue weighted by Gasteiger charge is 2.21. The monoisotopic (exact) mass is 259 g/mol. The fourth-order valence-corrected chi connectivity index (χ4v) is 3.01. The van der Waals surface area contributed by atoms with Gasteiger partial charge in [-0.05, 0) is 37.8 Å². The van der Waals surface area contributed by atoms with Crippen LogP contribution in [0.3, 0.4) is 0 Å². The minimum atomic E-state index is 0.175. The molecule has 0 radical (unpaired) electrons. The van der Waals surface area contributed by atoms with Gasteiger partial charge in [0.05, 0.1) is 0 Å². The van der Waals surface area contributed by atoms with Crippen molar-refractivity contribution in [3.63, 3.8) is 0 Å². The molecular formula is C16H25N3. The molecule has 2 rings (SSSR count). The van der Waals surface area contributed by atoms with Crippen LogP contribution in [-0.4, -0.2) is 18.9 Å². The van der Waals surface area contributed by atoms with Crippen molar-refractivity contribution in [3.05, 3.63) is 29.3 Å². The minimum Gasteiger partial charge on any atom is -0.384 e. The molecule has 19 heavy (non-hydrogen) atoms. The average Bonchev–Trinajstić information content (AvgIpc) is 2.40. The molecule has 0 aromatic heterocycles. The van der Waals surface area contributed by atoms with E-state index in [0.717, 1.165) is 35.8 Å². The van der Waals surface area contributed by atoms with Crippen LogP contribution in [0.2, 0.25) is 0 Å². The quantitative estimate of drug-likeness (QED) is 0.644. The van der Waals surface area contributed by atoms with Crippen molar-refractivity contribution >= 4 is 11.5 Å². The van der Waals surface area contributed by atoms with Gasteiger partial charge in [-0.1, -0.05) is 31.4 Å². The van der Waals surface area contributed by atoms with Gasteiger partial charge in [-0.15, -0.1) is 0 Å². The highest BCUT2D eigenvalue weighted by molar-refractivity contribution is 6.00. The molecule has 0 amide bonds. The van der Waals surface area contributed by atoms with Gasteiger partial charge in [-0.3, -0.25) is 5.41 Å². The van der Waals surface area contributed by atoms with Crippen molar-refractivity contribution in [2.45, 2.75) is 39.5 Å². The number of piperidine rings is 1. The van der Waals surface area contributed by atoms with E-state index >= 15 is 0 Å². The number of aryl methyl sites for hydroxylation is 1. The maximum absolute atomic E-state index is 7.75. The molecule has 104 valence electrons. The molecule has 3 nitrogen and oxygen atoms in total. The van der Waals surface area contributed by atoms with Gasteiger partial charge < -0.3 is 10.6 Å². The summed E-state index contributed by atoms with van der Waals surface area (Å²) in [5.41, 5.74) is 8.90. The Morgan fingerprint density at radius 2 is 2.05 bits per heavy atom. The molecule has 1 saturated heterocycles. The molecular weight excluding hydrogens is 234 g/mol. The summed E-state index contributed by atoms with van der Waals surface area (Å²) >= 11 is 0. The molecule has 0 aliphatic carbocycles. The number of nitrogen functional groups attached to an aromatic ring is 1. The summed E-state index contributed by atoms with van der Waals surface area (Å²) in [5.74, 6) is 1.06. The molecule has 0 saturated carbocycles. The van der Waals surface area contributed by atoms with Crippen molar-refractivity contribution in [1.29, 1.82) is 5.41 Å². The van der Waals surface area contributed by atoms with E-state index in [9.17, 15) is 0 Å². The number of nitrogens with zero attached hydrogens (tertiary/aromatic N) is 1. The number of benzene rings is 1. The lowest BCUT2D eigenvalue weighted by molar-refractivity contribution is 0.378. The van der Waals surface area contributed by atoms with E-state index in [1.54, 1.807) is 0 Å². The summed E-state index contributed by atoms with van der Waals surface area (Å²) in [6.07, 6.45) is 5.16. The third kappa shape index (κ3) is 3.28. The molecule has 1 heterocycles. The van der Waals surface area contributed by atoms with E-state index in [1.807, 2.05) is 13.0 Å². The van der Waals surface area contributed by atoms with Crippen LogP contribution < -0.4 is 10.6 Å². The van der Waals surface area contributed by atoms with Crippen LogP contribution in [0.15, 0.2) is 18.2 Å². The zero-order valence-corrected chi connectivity index (χ0v) is 12.1. The number of nitrogens with two attached hydrogens (primary N) is 1. The number of nitrogens with one attached hydrogen (secondary N) is 1. The van der Waals surface area contributed by atoms with Crippen molar-refractivity contribution in [1.82, 2.24) is 0 Å². The van der Waals surface area contributed by atoms with Gasteiger partial charge in [0.15, 0.2) is 0 Å². The van der Waals surface area contributed by atoms with Crippen molar-refractivity contribution < 1.29 is 0 Å².